The largest absolute Gasteiger partial charge is 0.126 e. The van der Waals surface area contributed by atoms with E-state index in [1.807, 2.05) is 0 Å². The Bertz CT molecular complexity index is 131. The number of alkyl halides is 1. The highest BCUT2D eigenvalue weighted by atomic mass is 35.5. The van der Waals surface area contributed by atoms with Crippen molar-refractivity contribution in [2.45, 2.75) is 66.2 Å². The lowest BCUT2D eigenvalue weighted by Gasteiger charge is -2.31. The summed E-state index contributed by atoms with van der Waals surface area (Å²) < 4.78 is 0. The van der Waals surface area contributed by atoms with Crippen LogP contribution in [0.5, 0.6) is 0 Å². The highest BCUT2D eigenvalue weighted by Gasteiger charge is 2.26. The van der Waals surface area contributed by atoms with Crippen molar-refractivity contribution in [1.29, 1.82) is 0 Å². The normalized spacial score (nSPS) is 15.9. The second-order valence-corrected chi connectivity index (χ2v) is 5.37. The maximum Gasteiger partial charge on any atom is 0.0279 e. The summed E-state index contributed by atoms with van der Waals surface area (Å²) in [5, 5.41) is 0. The fourth-order valence-electron chi connectivity index (χ4n) is 1.64. The first kappa shape index (κ1) is 14.3. The molecule has 0 nitrogen and oxygen atoms in total. The van der Waals surface area contributed by atoms with E-state index in [9.17, 15) is 0 Å². The summed E-state index contributed by atoms with van der Waals surface area (Å²) in [5.74, 6) is 1.50. The van der Waals surface area contributed by atoms with E-state index in [0.29, 0.717) is 11.3 Å². The highest BCUT2D eigenvalue weighted by Crippen LogP contribution is 2.34. The Morgan fingerprint density at radius 2 is 1.64 bits per heavy atom. The molecule has 14 heavy (non-hydrogen) atoms. The summed E-state index contributed by atoms with van der Waals surface area (Å²) in [4.78, 5) is 0. The first-order valence-electron chi connectivity index (χ1n) is 6.12. The summed E-state index contributed by atoms with van der Waals surface area (Å²) in [6.45, 7) is 9.16. The molecule has 0 aromatic carbocycles. The zero-order chi connectivity index (χ0) is 11.0. The average Bonchev–Trinajstić information content (AvgIpc) is 2.17. The lowest BCUT2D eigenvalue weighted by molar-refractivity contribution is 0.226. The molecule has 0 bridgehead atoms. The molecule has 0 amide bonds. The zero-order valence-electron chi connectivity index (χ0n) is 10.4. The minimum absolute atomic E-state index is 0.355. The second-order valence-electron chi connectivity index (χ2n) is 5.11. The van der Waals surface area contributed by atoms with Crippen LogP contribution in [0.4, 0.5) is 0 Å². The maximum atomic E-state index is 6.04. The van der Waals surface area contributed by atoms with E-state index in [4.69, 9.17) is 11.6 Å². The Morgan fingerprint density at radius 1 is 1.07 bits per heavy atom. The van der Waals surface area contributed by atoms with Crippen molar-refractivity contribution >= 4 is 11.6 Å². The molecule has 0 aliphatic heterocycles. The molecule has 0 aromatic heterocycles. The minimum atomic E-state index is 0.355. The summed E-state index contributed by atoms with van der Waals surface area (Å²) in [7, 11) is 0. The molecule has 0 N–H and O–H groups in total. The van der Waals surface area contributed by atoms with Gasteiger partial charge in [0.2, 0.25) is 0 Å². The van der Waals surface area contributed by atoms with Crippen LogP contribution in [0.2, 0.25) is 0 Å². The number of unbranched alkanes of at least 4 members (excludes halogenated alkanes) is 4. The molecule has 1 heteroatoms. The minimum Gasteiger partial charge on any atom is -0.126 e. The second kappa shape index (κ2) is 7.56. The van der Waals surface area contributed by atoms with E-state index in [0.717, 1.165) is 5.88 Å². The molecule has 0 saturated heterocycles. The van der Waals surface area contributed by atoms with Crippen molar-refractivity contribution in [2.75, 3.05) is 5.88 Å². The lowest BCUT2D eigenvalue weighted by Crippen LogP contribution is -2.25. The van der Waals surface area contributed by atoms with Crippen molar-refractivity contribution in [2.24, 2.45) is 11.3 Å². The van der Waals surface area contributed by atoms with Gasteiger partial charge in [-0.25, -0.2) is 0 Å². The van der Waals surface area contributed by atoms with Gasteiger partial charge in [-0.15, -0.1) is 11.6 Å². The molecular weight excluding hydrogens is 192 g/mol. The Kier molecular flexibility index (Phi) is 7.72. The molecule has 1 unspecified atom stereocenters. The van der Waals surface area contributed by atoms with Crippen LogP contribution in [0.25, 0.3) is 0 Å². The molecule has 0 fully saturated rings. The maximum absolute atomic E-state index is 6.04. The van der Waals surface area contributed by atoms with Gasteiger partial charge >= 0.3 is 0 Å². The van der Waals surface area contributed by atoms with E-state index in [1.165, 1.54) is 38.5 Å². The summed E-state index contributed by atoms with van der Waals surface area (Å²) in [5.41, 5.74) is 0.355. The summed E-state index contributed by atoms with van der Waals surface area (Å²) in [6.07, 6.45) is 8.13. The van der Waals surface area contributed by atoms with E-state index in [1.54, 1.807) is 0 Å². The molecule has 0 heterocycles. The smallest absolute Gasteiger partial charge is 0.0279 e. The number of rotatable bonds is 8. The van der Waals surface area contributed by atoms with E-state index in [-0.39, 0.29) is 0 Å². The van der Waals surface area contributed by atoms with Crippen molar-refractivity contribution < 1.29 is 0 Å². The third kappa shape index (κ3) is 5.24. The van der Waals surface area contributed by atoms with Crippen LogP contribution in [0, 0.1) is 11.3 Å². The fraction of sp³-hybridized carbons (Fsp3) is 1.00. The summed E-state index contributed by atoms with van der Waals surface area (Å²) >= 11 is 6.04. The average molecular weight is 219 g/mol. The molecule has 0 saturated carbocycles. The topological polar surface area (TPSA) is 0 Å². The SMILES string of the molecule is CCCCCCCC(C)(CCl)C(C)C. The Labute approximate surface area is 95.4 Å². The van der Waals surface area contributed by atoms with Crippen LogP contribution in [0.1, 0.15) is 66.2 Å². The first-order valence-corrected chi connectivity index (χ1v) is 6.66. The van der Waals surface area contributed by atoms with Crippen LogP contribution in [0.3, 0.4) is 0 Å². The first-order chi connectivity index (χ1) is 6.56. The van der Waals surface area contributed by atoms with Gasteiger partial charge < -0.3 is 0 Å². The van der Waals surface area contributed by atoms with Crippen LogP contribution in [0.15, 0.2) is 0 Å². The number of hydrogen-bond acceptors (Lipinski definition) is 0. The molecule has 0 aromatic rings. The van der Waals surface area contributed by atoms with Crippen LogP contribution < -0.4 is 0 Å². The Balaban J connectivity index is 3.63. The van der Waals surface area contributed by atoms with Crippen LogP contribution >= 0.6 is 11.6 Å². The lowest BCUT2D eigenvalue weighted by atomic mass is 9.77. The van der Waals surface area contributed by atoms with Gasteiger partial charge in [-0.1, -0.05) is 59.8 Å². The summed E-state index contributed by atoms with van der Waals surface area (Å²) in [6, 6.07) is 0. The van der Waals surface area contributed by atoms with Crippen LogP contribution in [-0.4, -0.2) is 5.88 Å². The van der Waals surface area contributed by atoms with Gasteiger partial charge in [0.15, 0.2) is 0 Å². The van der Waals surface area contributed by atoms with Crippen molar-refractivity contribution in [3.05, 3.63) is 0 Å². The molecule has 0 rings (SSSR count). The quantitative estimate of drug-likeness (QED) is 0.386. The highest BCUT2D eigenvalue weighted by molar-refractivity contribution is 6.18. The van der Waals surface area contributed by atoms with E-state index in [2.05, 4.69) is 27.7 Å². The fourth-order valence-corrected chi connectivity index (χ4v) is 2.08. The van der Waals surface area contributed by atoms with Gasteiger partial charge in [0.05, 0.1) is 0 Å². The standard InChI is InChI=1S/C13H27Cl/c1-5-6-7-8-9-10-13(4,11-14)12(2)3/h12H,5-11H2,1-4H3. The molecule has 0 aliphatic carbocycles. The predicted octanol–water partition coefficient (Wildman–Crippen LogP) is 5.25. The van der Waals surface area contributed by atoms with Crippen molar-refractivity contribution in [1.82, 2.24) is 0 Å². The molecule has 0 radical (unpaired) electrons. The van der Waals surface area contributed by atoms with Gasteiger partial charge in [-0.05, 0) is 17.8 Å². The molecule has 0 aliphatic rings. The van der Waals surface area contributed by atoms with Crippen LogP contribution in [-0.2, 0) is 0 Å². The van der Waals surface area contributed by atoms with Gasteiger partial charge in [0.25, 0.3) is 0 Å². The Hall–Kier alpha value is 0.290. The molecule has 86 valence electrons. The predicted molar refractivity (Wildman–Crippen MR) is 67.0 cm³/mol. The van der Waals surface area contributed by atoms with Gasteiger partial charge in [0, 0.05) is 5.88 Å². The van der Waals surface area contributed by atoms with Crippen molar-refractivity contribution in [3.8, 4) is 0 Å². The van der Waals surface area contributed by atoms with E-state index < -0.39 is 0 Å². The monoisotopic (exact) mass is 218 g/mol. The molecule has 0 spiro atoms. The zero-order valence-corrected chi connectivity index (χ0v) is 11.2. The number of hydrogen-bond donors (Lipinski definition) is 0. The third-order valence-corrected chi connectivity index (χ3v) is 4.16. The molecule has 1 atom stereocenters. The van der Waals surface area contributed by atoms with Gasteiger partial charge in [0.1, 0.15) is 0 Å². The van der Waals surface area contributed by atoms with E-state index >= 15 is 0 Å². The van der Waals surface area contributed by atoms with Gasteiger partial charge in [-0.2, -0.15) is 0 Å². The third-order valence-electron chi connectivity index (χ3n) is 3.55. The molecular formula is C13H27Cl. The van der Waals surface area contributed by atoms with Crippen molar-refractivity contribution in [3.63, 3.8) is 0 Å². The Morgan fingerprint density at radius 3 is 2.07 bits per heavy atom. The number of halogens is 1. The van der Waals surface area contributed by atoms with Gasteiger partial charge in [-0.3, -0.25) is 0 Å².